The van der Waals surface area contributed by atoms with Gasteiger partial charge in [0, 0.05) is 56.6 Å². The number of amides is 2. The molecule has 2 amide bonds. The highest BCUT2D eigenvalue weighted by Gasteiger charge is 2.23. The van der Waals surface area contributed by atoms with E-state index < -0.39 is 0 Å². The zero-order chi connectivity index (χ0) is 18.4. The quantitative estimate of drug-likeness (QED) is 0.825. The smallest absolute Gasteiger partial charge is 0.253 e. The summed E-state index contributed by atoms with van der Waals surface area (Å²) in [6, 6.07) is 7.34. The van der Waals surface area contributed by atoms with Crippen molar-refractivity contribution in [1.29, 1.82) is 0 Å². The van der Waals surface area contributed by atoms with Crippen molar-refractivity contribution in [3.05, 3.63) is 29.8 Å². The third-order valence-corrected chi connectivity index (χ3v) is 4.90. The number of carbonyl (C=O) groups is 2. The zero-order valence-electron chi connectivity index (χ0n) is 15.2. The van der Waals surface area contributed by atoms with E-state index >= 15 is 0 Å². The van der Waals surface area contributed by atoms with Crippen molar-refractivity contribution in [3.63, 3.8) is 0 Å². The molecular weight excluding hydrogens is 334 g/mol. The van der Waals surface area contributed by atoms with Crippen LogP contribution in [-0.2, 0) is 14.3 Å². The minimum Gasteiger partial charge on any atom is -0.381 e. The van der Waals surface area contributed by atoms with Crippen LogP contribution in [0, 0.1) is 0 Å². The van der Waals surface area contributed by atoms with Gasteiger partial charge in [-0.2, -0.15) is 0 Å². The first kappa shape index (κ1) is 18.8. The maximum absolute atomic E-state index is 12.6. The Kier molecular flexibility index (Phi) is 6.60. The van der Waals surface area contributed by atoms with E-state index in [1.54, 1.807) is 29.2 Å². The molecule has 7 heteroatoms. The van der Waals surface area contributed by atoms with E-state index in [1.165, 1.54) is 0 Å². The first-order chi connectivity index (χ1) is 12.6. The first-order valence-corrected chi connectivity index (χ1v) is 9.19. The Morgan fingerprint density at radius 2 is 1.88 bits per heavy atom. The Hall–Kier alpha value is -1.96. The number of carbonyl (C=O) groups excluding carboxylic acids is 2. The number of ether oxygens (including phenoxy) is 2. The van der Waals surface area contributed by atoms with Gasteiger partial charge in [-0.15, -0.1) is 0 Å². The van der Waals surface area contributed by atoms with E-state index in [-0.39, 0.29) is 23.9 Å². The second kappa shape index (κ2) is 9.12. The lowest BCUT2D eigenvalue weighted by atomic mass is 10.1. The molecule has 142 valence electrons. The van der Waals surface area contributed by atoms with Crippen LogP contribution in [0.1, 0.15) is 29.6 Å². The third kappa shape index (κ3) is 5.03. The van der Waals surface area contributed by atoms with Crippen LogP contribution in [0.5, 0.6) is 0 Å². The van der Waals surface area contributed by atoms with Crippen LogP contribution >= 0.6 is 0 Å². The normalized spacial score (nSPS) is 21.2. The molecule has 0 spiro atoms. The average molecular weight is 361 g/mol. The fourth-order valence-corrected chi connectivity index (χ4v) is 3.32. The molecule has 0 bridgehead atoms. The summed E-state index contributed by atoms with van der Waals surface area (Å²) in [6.45, 7) is 3.42. The summed E-state index contributed by atoms with van der Waals surface area (Å²) in [5.74, 6) is -0.0651. The maximum Gasteiger partial charge on any atom is 0.253 e. The van der Waals surface area contributed by atoms with Gasteiger partial charge < -0.3 is 25.0 Å². The molecule has 3 rings (SSSR count). The van der Waals surface area contributed by atoms with Crippen LogP contribution in [-0.4, -0.2) is 68.8 Å². The molecule has 2 heterocycles. The number of morpholine rings is 1. The first-order valence-electron chi connectivity index (χ1n) is 9.19. The Morgan fingerprint density at radius 3 is 2.54 bits per heavy atom. The number of hydrogen-bond acceptors (Lipinski definition) is 5. The summed E-state index contributed by atoms with van der Waals surface area (Å²) in [6.07, 6.45) is 2.11. The Labute approximate surface area is 154 Å². The largest absolute Gasteiger partial charge is 0.381 e. The van der Waals surface area contributed by atoms with Gasteiger partial charge in [0.05, 0.1) is 13.2 Å². The Morgan fingerprint density at radius 1 is 1.15 bits per heavy atom. The average Bonchev–Trinajstić information content (AvgIpc) is 2.69. The number of nitrogens with zero attached hydrogens (tertiary/aromatic N) is 1. The molecule has 1 aromatic carbocycles. The molecule has 1 atom stereocenters. The lowest BCUT2D eigenvalue weighted by Gasteiger charge is -2.31. The lowest BCUT2D eigenvalue weighted by molar-refractivity contribution is -0.117. The molecule has 2 aliphatic rings. The molecule has 0 aromatic heterocycles. The summed E-state index contributed by atoms with van der Waals surface area (Å²) in [7, 11) is 1.84. The topological polar surface area (TPSA) is 79.9 Å². The van der Waals surface area contributed by atoms with Crippen LogP contribution < -0.4 is 10.6 Å². The van der Waals surface area contributed by atoms with Crippen molar-refractivity contribution in [2.24, 2.45) is 0 Å². The molecular formula is C19H27N3O4. The molecule has 0 aliphatic carbocycles. The molecule has 0 radical (unpaired) electrons. The van der Waals surface area contributed by atoms with Crippen LogP contribution in [0.15, 0.2) is 24.3 Å². The number of anilines is 1. The number of benzene rings is 1. The summed E-state index contributed by atoms with van der Waals surface area (Å²) >= 11 is 0. The highest BCUT2D eigenvalue weighted by Crippen LogP contribution is 2.17. The standard InChI is InChI=1S/C19H27N3O4/c1-22(17-6-9-25-10-7-17)19(24)14-2-4-15(5-3-14)21-18(23)12-16-13-26-11-8-20-16/h2-5,16-17,20H,6-13H2,1H3,(H,21,23). The number of rotatable bonds is 5. The summed E-state index contributed by atoms with van der Waals surface area (Å²) < 4.78 is 10.7. The van der Waals surface area contributed by atoms with Crippen molar-refractivity contribution >= 4 is 17.5 Å². The Balaban J connectivity index is 1.52. The van der Waals surface area contributed by atoms with Crippen LogP contribution in [0.3, 0.4) is 0 Å². The minimum absolute atomic E-state index is 0.00155. The minimum atomic E-state index is -0.0635. The van der Waals surface area contributed by atoms with Gasteiger partial charge in [-0.1, -0.05) is 0 Å². The Bertz CT molecular complexity index is 608. The summed E-state index contributed by atoms with van der Waals surface area (Å²) in [5.41, 5.74) is 1.32. The molecule has 0 saturated carbocycles. The maximum atomic E-state index is 12.6. The highest BCUT2D eigenvalue weighted by molar-refractivity contribution is 5.96. The second-order valence-corrected chi connectivity index (χ2v) is 6.82. The van der Waals surface area contributed by atoms with Crippen LogP contribution in [0.25, 0.3) is 0 Å². The van der Waals surface area contributed by atoms with Gasteiger partial charge in [-0.25, -0.2) is 0 Å². The van der Waals surface area contributed by atoms with Crippen molar-refractivity contribution in [2.75, 3.05) is 45.3 Å². The van der Waals surface area contributed by atoms with Gasteiger partial charge in [0.15, 0.2) is 0 Å². The van der Waals surface area contributed by atoms with Crippen molar-refractivity contribution < 1.29 is 19.1 Å². The van der Waals surface area contributed by atoms with Crippen molar-refractivity contribution in [2.45, 2.75) is 31.3 Å². The zero-order valence-corrected chi connectivity index (χ0v) is 15.2. The lowest BCUT2D eigenvalue weighted by Crippen LogP contribution is -2.43. The monoisotopic (exact) mass is 361 g/mol. The van der Waals surface area contributed by atoms with Gasteiger partial charge in [0.2, 0.25) is 5.91 Å². The molecule has 1 aromatic rings. The molecule has 26 heavy (non-hydrogen) atoms. The summed E-state index contributed by atoms with van der Waals surface area (Å²) in [5, 5.41) is 6.13. The van der Waals surface area contributed by atoms with E-state index in [9.17, 15) is 9.59 Å². The van der Waals surface area contributed by atoms with Crippen LogP contribution in [0.2, 0.25) is 0 Å². The predicted octanol–water partition coefficient (Wildman–Crippen LogP) is 1.25. The van der Waals surface area contributed by atoms with Crippen LogP contribution in [0.4, 0.5) is 5.69 Å². The van der Waals surface area contributed by atoms with Crippen molar-refractivity contribution in [3.8, 4) is 0 Å². The van der Waals surface area contributed by atoms with Gasteiger partial charge >= 0.3 is 0 Å². The van der Waals surface area contributed by atoms with Crippen molar-refractivity contribution in [1.82, 2.24) is 10.2 Å². The molecule has 7 nitrogen and oxygen atoms in total. The highest BCUT2D eigenvalue weighted by atomic mass is 16.5. The molecule has 2 N–H and O–H groups in total. The third-order valence-electron chi connectivity index (χ3n) is 4.90. The van der Waals surface area contributed by atoms with Gasteiger partial charge in [-0.3, -0.25) is 9.59 Å². The predicted molar refractivity (Wildman–Crippen MR) is 98.2 cm³/mol. The van der Waals surface area contributed by atoms with E-state index in [0.717, 1.165) is 19.4 Å². The molecule has 2 fully saturated rings. The summed E-state index contributed by atoms with van der Waals surface area (Å²) in [4.78, 5) is 26.5. The fraction of sp³-hybridized carbons (Fsp3) is 0.579. The molecule has 2 saturated heterocycles. The van der Waals surface area contributed by atoms with E-state index in [2.05, 4.69) is 10.6 Å². The molecule has 2 aliphatic heterocycles. The van der Waals surface area contributed by atoms with E-state index in [4.69, 9.17) is 9.47 Å². The fourth-order valence-electron chi connectivity index (χ4n) is 3.32. The SMILES string of the molecule is CN(C(=O)c1ccc(NC(=O)CC2COCCN2)cc1)C1CCOCC1. The number of nitrogens with one attached hydrogen (secondary N) is 2. The second-order valence-electron chi connectivity index (χ2n) is 6.82. The number of hydrogen-bond donors (Lipinski definition) is 2. The molecule has 1 unspecified atom stereocenters. The van der Waals surface area contributed by atoms with E-state index in [1.807, 2.05) is 7.05 Å². The van der Waals surface area contributed by atoms with Gasteiger partial charge in [-0.05, 0) is 37.1 Å². The van der Waals surface area contributed by atoms with Gasteiger partial charge in [0.1, 0.15) is 0 Å². The van der Waals surface area contributed by atoms with Gasteiger partial charge in [0.25, 0.3) is 5.91 Å². The van der Waals surface area contributed by atoms with E-state index in [0.29, 0.717) is 44.1 Å².